The van der Waals surface area contributed by atoms with E-state index in [1.54, 1.807) is 13.0 Å². The summed E-state index contributed by atoms with van der Waals surface area (Å²) in [4.78, 5) is 26.7. The summed E-state index contributed by atoms with van der Waals surface area (Å²) < 4.78 is 38.6. The van der Waals surface area contributed by atoms with Crippen molar-refractivity contribution in [2.24, 2.45) is 5.92 Å². The average molecular weight is 365 g/mol. The van der Waals surface area contributed by atoms with Gasteiger partial charge in [0.25, 0.3) is 5.91 Å². The van der Waals surface area contributed by atoms with Gasteiger partial charge < -0.3 is 4.90 Å². The number of nitrogens with zero attached hydrogens (tertiary/aromatic N) is 2. The highest BCUT2D eigenvalue weighted by Crippen LogP contribution is 2.30. The maximum Gasteiger partial charge on any atom is 0.416 e. The van der Waals surface area contributed by atoms with Crippen molar-refractivity contribution in [2.75, 3.05) is 13.1 Å². The molecule has 1 atom stereocenters. The number of amides is 1. The lowest BCUT2D eigenvalue weighted by Gasteiger charge is -2.31. The van der Waals surface area contributed by atoms with Crippen LogP contribution in [0.15, 0.2) is 30.3 Å². The topological polar surface area (TPSA) is 66.1 Å². The summed E-state index contributed by atoms with van der Waals surface area (Å²) >= 11 is 0. The van der Waals surface area contributed by atoms with E-state index in [0.29, 0.717) is 19.4 Å². The van der Waals surface area contributed by atoms with Crippen LogP contribution in [-0.4, -0.2) is 39.9 Å². The number of nitrogens with one attached hydrogen (secondary N) is 1. The first kappa shape index (κ1) is 18.2. The largest absolute Gasteiger partial charge is 0.416 e. The fourth-order valence-electron chi connectivity index (χ4n) is 3.15. The van der Waals surface area contributed by atoms with Gasteiger partial charge in [-0.1, -0.05) is 12.1 Å². The van der Waals surface area contributed by atoms with Gasteiger partial charge in [-0.25, -0.2) is 0 Å². The number of carbonyl (C=O) groups is 2. The second kappa shape index (κ2) is 6.93. The minimum atomic E-state index is -4.50. The Labute approximate surface area is 148 Å². The highest BCUT2D eigenvalue weighted by Gasteiger charge is 2.33. The molecule has 1 aliphatic heterocycles. The van der Waals surface area contributed by atoms with Crippen LogP contribution in [0.5, 0.6) is 0 Å². The molecular formula is C18H18F3N3O2. The number of benzene rings is 1. The number of H-pyrrole nitrogens is 1. The monoisotopic (exact) mass is 365 g/mol. The smallest absolute Gasteiger partial charge is 0.337 e. The van der Waals surface area contributed by atoms with E-state index in [9.17, 15) is 22.8 Å². The van der Waals surface area contributed by atoms with Crippen molar-refractivity contribution in [1.82, 2.24) is 15.1 Å². The number of rotatable bonds is 3. The van der Waals surface area contributed by atoms with E-state index < -0.39 is 17.7 Å². The molecule has 0 radical (unpaired) electrons. The number of carbonyl (C=O) groups excluding carboxylic acids is 2. The van der Waals surface area contributed by atoms with E-state index in [2.05, 4.69) is 10.2 Å². The first-order valence-corrected chi connectivity index (χ1v) is 8.28. The fraction of sp³-hybridized carbons (Fsp3) is 0.389. The molecule has 0 saturated carbocycles. The molecule has 1 aromatic heterocycles. The number of ketones is 1. The minimum absolute atomic E-state index is 0.0229. The number of halogens is 3. The molecule has 1 aliphatic rings. The van der Waals surface area contributed by atoms with Crippen molar-refractivity contribution >= 4 is 11.7 Å². The number of aromatic nitrogens is 2. The van der Waals surface area contributed by atoms with Crippen LogP contribution in [0.25, 0.3) is 0 Å². The van der Waals surface area contributed by atoms with E-state index in [1.807, 2.05) is 0 Å². The Hall–Kier alpha value is -2.64. The number of alkyl halides is 3. The molecular weight excluding hydrogens is 347 g/mol. The molecule has 8 heteroatoms. The highest BCUT2D eigenvalue weighted by molar-refractivity contribution is 5.99. The second-order valence-electron chi connectivity index (χ2n) is 6.47. The molecule has 1 amide bonds. The summed E-state index contributed by atoms with van der Waals surface area (Å²) in [6, 6.07) is 6.05. The number of likely N-dealkylation sites (tertiary alicyclic amines) is 1. The Kier molecular flexibility index (Phi) is 4.84. The van der Waals surface area contributed by atoms with Crippen LogP contribution in [0.3, 0.4) is 0 Å². The summed E-state index contributed by atoms with van der Waals surface area (Å²) in [5.74, 6) is -1.17. The normalized spacial score (nSPS) is 18.0. The van der Waals surface area contributed by atoms with Gasteiger partial charge in [0.15, 0.2) is 5.78 Å². The van der Waals surface area contributed by atoms with Gasteiger partial charge in [-0.15, -0.1) is 0 Å². The summed E-state index contributed by atoms with van der Waals surface area (Å²) in [6.45, 7) is 2.46. The molecule has 1 saturated heterocycles. The van der Waals surface area contributed by atoms with Crippen LogP contribution >= 0.6 is 0 Å². The van der Waals surface area contributed by atoms with Gasteiger partial charge in [0, 0.05) is 30.3 Å². The van der Waals surface area contributed by atoms with Gasteiger partial charge in [0.05, 0.1) is 5.56 Å². The van der Waals surface area contributed by atoms with E-state index in [0.717, 1.165) is 17.8 Å². The number of aromatic amines is 1. The minimum Gasteiger partial charge on any atom is -0.337 e. The van der Waals surface area contributed by atoms with Crippen LogP contribution in [0, 0.1) is 12.8 Å². The second-order valence-corrected chi connectivity index (χ2v) is 6.47. The molecule has 1 N–H and O–H groups in total. The Morgan fingerprint density at radius 1 is 1.27 bits per heavy atom. The third-order valence-electron chi connectivity index (χ3n) is 4.48. The average Bonchev–Trinajstić information content (AvgIpc) is 3.06. The molecule has 0 aliphatic carbocycles. The van der Waals surface area contributed by atoms with Crippen LogP contribution < -0.4 is 0 Å². The van der Waals surface area contributed by atoms with Gasteiger partial charge in [-0.2, -0.15) is 18.3 Å². The molecule has 138 valence electrons. The van der Waals surface area contributed by atoms with E-state index in [4.69, 9.17) is 0 Å². The van der Waals surface area contributed by atoms with Crippen molar-refractivity contribution in [3.8, 4) is 0 Å². The first-order chi connectivity index (χ1) is 12.3. The first-order valence-electron chi connectivity index (χ1n) is 8.28. The zero-order chi connectivity index (χ0) is 18.9. The number of hydrogen-bond acceptors (Lipinski definition) is 3. The Morgan fingerprint density at radius 2 is 2.04 bits per heavy atom. The van der Waals surface area contributed by atoms with Gasteiger partial charge in [-0.3, -0.25) is 14.7 Å². The lowest BCUT2D eigenvalue weighted by Crippen LogP contribution is -2.42. The summed E-state index contributed by atoms with van der Waals surface area (Å²) in [5.41, 5.74) is 0.199. The zero-order valence-electron chi connectivity index (χ0n) is 14.1. The number of aryl methyl sites for hydroxylation is 1. The van der Waals surface area contributed by atoms with Gasteiger partial charge in [-0.05, 0) is 38.0 Å². The van der Waals surface area contributed by atoms with Crippen LogP contribution in [0.1, 0.15) is 44.9 Å². The maximum absolute atomic E-state index is 12.9. The van der Waals surface area contributed by atoms with Crippen LogP contribution in [0.2, 0.25) is 0 Å². The van der Waals surface area contributed by atoms with Gasteiger partial charge >= 0.3 is 6.18 Å². The molecule has 5 nitrogen and oxygen atoms in total. The molecule has 0 bridgehead atoms. The van der Waals surface area contributed by atoms with Crippen molar-refractivity contribution in [3.05, 3.63) is 52.8 Å². The van der Waals surface area contributed by atoms with Crippen molar-refractivity contribution in [2.45, 2.75) is 25.9 Å². The predicted octanol–water partition coefficient (Wildman–Crippen LogP) is 3.47. The molecule has 26 heavy (non-hydrogen) atoms. The molecule has 2 heterocycles. The number of piperidine rings is 1. The third-order valence-corrected chi connectivity index (χ3v) is 4.48. The van der Waals surface area contributed by atoms with E-state index in [1.165, 1.54) is 17.0 Å². The summed E-state index contributed by atoms with van der Waals surface area (Å²) in [6.07, 6.45) is -3.34. The Balaban J connectivity index is 1.75. The Bertz CT molecular complexity index is 829. The fourth-order valence-corrected chi connectivity index (χ4v) is 3.15. The van der Waals surface area contributed by atoms with Crippen molar-refractivity contribution < 1.29 is 22.8 Å². The molecule has 0 spiro atoms. The quantitative estimate of drug-likeness (QED) is 0.847. The predicted molar refractivity (Wildman–Crippen MR) is 87.7 cm³/mol. The molecule has 0 unspecified atom stereocenters. The Morgan fingerprint density at radius 3 is 2.69 bits per heavy atom. The SMILES string of the molecule is Cc1cc(C(=O)N2CCC[C@H](C(=O)c3cccc(C(F)(F)F)c3)C2)n[nH]1. The van der Waals surface area contributed by atoms with E-state index in [-0.39, 0.29) is 29.5 Å². The van der Waals surface area contributed by atoms with E-state index >= 15 is 0 Å². The van der Waals surface area contributed by atoms with Crippen molar-refractivity contribution in [3.63, 3.8) is 0 Å². The highest BCUT2D eigenvalue weighted by atomic mass is 19.4. The third kappa shape index (κ3) is 3.79. The zero-order valence-corrected chi connectivity index (χ0v) is 14.1. The van der Waals surface area contributed by atoms with Gasteiger partial charge in [0.2, 0.25) is 0 Å². The maximum atomic E-state index is 12.9. The molecule has 2 aromatic rings. The summed E-state index contributed by atoms with van der Waals surface area (Å²) in [7, 11) is 0. The number of Topliss-reactive ketones (excluding diaryl/α,β-unsaturated/α-hetero) is 1. The lowest BCUT2D eigenvalue weighted by atomic mass is 9.89. The number of hydrogen-bond donors (Lipinski definition) is 1. The molecule has 3 rings (SSSR count). The van der Waals surface area contributed by atoms with Crippen molar-refractivity contribution in [1.29, 1.82) is 0 Å². The lowest BCUT2D eigenvalue weighted by molar-refractivity contribution is -0.137. The summed E-state index contributed by atoms with van der Waals surface area (Å²) in [5, 5.41) is 6.63. The molecule has 1 aromatic carbocycles. The van der Waals surface area contributed by atoms with Gasteiger partial charge in [0.1, 0.15) is 5.69 Å². The van der Waals surface area contributed by atoms with Crippen LogP contribution in [0.4, 0.5) is 13.2 Å². The molecule has 1 fully saturated rings. The standard InChI is InChI=1S/C18H18F3N3O2/c1-11-8-15(23-22-11)17(26)24-7-3-5-13(10-24)16(25)12-4-2-6-14(9-12)18(19,20)21/h2,4,6,8-9,13H,3,5,7,10H2,1H3,(H,22,23)/t13-/m0/s1. The van der Waals surface area contributed by atoms with Crippen LogP contribution in [-0.2, 0) is 6.18 Å².